The van der Waals surface area contributed by atoms with Gasteiger partial charge in [0, 0.05) is 23.9 Å². The van der Waals surface area contributed by atoms with Crippen LogP contribution < -0.4 is 10.6 Å². The average molecular weight is 389 g/mol. The molecule has 1 aliphatic rings. The Balaban J connectivity index is 0.000000223. The van der Waals surface area contributed by atoms with Gasteiger partial charge in [0.25, 0.3) is 0 Å². The predicted octanol–water partition coefficient (Wildman–Crippen LogP) is 5.34. The number of nitrogen functional groups attached to an aromatic ring is 1. The number of nitrogens with two attached hydrogens (primary N) is 1. The molecule has 0 aromatic heterocycles. The highest BCUT2D eigenvalue weighted by atomic mass is 32.1. The number of rotatable bonds is 3. The summed E-state index contributed by atoms with van der Waals surface area (Å²) in [6.07, 6.45) is 1.53. The fourth-order valence-corrected chi connectivity index (χ4v) is 3.50. The second kappa shape index (κ2) is 9.27. The third-order valence-electron chi connectivity index (χ3n) is 4.77. The van der Waals surface area contributed by atoms with E-state index < -0.39 is 5.82 Å². The maximum absolute atomic E-state index is 14.0. The van der Waals surface area contributed by atoms with Crippen LogP contribution in [0.2, 0.25) is 0 Å². The molecule has 1 heterocycles. The lowest BCUT2D eigenvalue weighted by Crippen LogP contribution is -2.41. The van der Waals surface area contributed by atoms with Gasteiger partial charge in [-0.15, -0.1) is 0 Å². The topological polar surface area (TPSA) is 46.3 Å². The number of anilines is 2. The van der Waals surface area contributed by atoms with Crippen molar-refractivity contribution in [3.05, 3.63) is 58.9 Å². The molecule has 0 aliphatic carbocycles. The van der Waals surface area contributed by atoms with E-state index in [1.807, 2.05) is 20.8 Å². The van der Waals surface area contributed by atoms with Crippen LogP contribution in [0.15, 0.2) is 36.4 Å². The Morgan fingerprint density at radius 2 is 1.81 bits per heavy atom. The van der Waals surface area contributed by atoms with E-state index in [2.05, 4.69) is 43.8 Å². The van der Waals surface area contributed by atoms with E-state index in [1.54, 1.807) is 6.07 Å². The summed E-state index contributed by atoms with van der Waals surface area (Å²) in [7, 11) is 0. The van der Waals surface area contributed by atoms with E-state index in [9.17, 15) is 9.18 Å². The third-order valence-corrected chi connectivity index (χ3v) is 5.13. The normalized spacial score (nSPS) is 16.0. The van der Waals surface area contributed by atoms with Gasteiger partial charge in [-0.3, -0.25) is 4.79 Å². The molecule has 3 nitrogen and oxygen atoms in total. The van der Waals surface area contributed by atoms with Gasteiger partial charge < -0.3 is 10.6 Å². The lowest BCUT2D eigenvalue weighted by molar-refractivity contribution is -0.119. The van der Waals surface area contributed by atoms with Crippen LogP contribution >= 0.6 is 12.6 Å². The van der Waals surface area contributed by atoms with E-state index in [4.69, 9.17) is 5.73 Å². The van der Waals surface area contributed by atoms with Crippen LogP contribution in [0.3, 0.4) is 0 Å². The minimum Gasteiger partial charge on any atom is -0.399 e. The fraction of sp³-hybridized carbons (Fsp3) is 0.409. The summed E-state index contributed by atoms with van der Waals surface area (Å²) in [5.74, 6) is 0.423. The summed E-state index contributed by atoms with van der Waals surface area (Å²) in [5.41, 5.74) is 9.98. The monoisotopic (exact) mass is 388 g/mol. The fourth-order valence-electron chi connectivity index (χ4n) is 3.29. The van der Waals surface area contributed by atoms with Crippen LogP contribution in [0.5, 0.6) is 0 Å². The molecule has 1 unspecified atom stereocenters. The molecule has 2 aromatic carbocycles. The number of hydrogen-bond donors (Lipinski definition) is 2. The van der Waals surface area contributed by atoms with E-state index in [0.29, 0.717) is 17.8 Å². The Kier molecular flexibility index (Phi) is 7.31. The summed E-state index contributed by atoms with van der Waals surface area (Å²) in [6.45, 7) is 7.85. The number of nitrogens with zero attached hydrogens (tertiary/aromatic N) is 1. The first-order valence-corrected chi connectivity index (χ1v) is 10.0. The maximum Gasteiger partial charge on any atom is 0.227 e. The van der Waals surface area contributed by atoms with Crippen molar-refractivity contribution in [2.24, 2.45) is 0 Å². The lowest BCUT2D eigenvalue weighted by atomic mass is 9.89. The van der Waals surface area contributed by atoms with Gasteiger partial charge >= 0.3 is 0 Å². The minimum absolute atomic E-state index is 0.0190. The molecule has 0 bridgehead atoms. The van der Waals surface area contributed by atoms with Crippen molar-refractivity contribution >= 4 is 29.9 Å². The second-order valence-electron chi connectivity index (χ2n) is 7.23. The van der Waals surface area contributed by atoms with Gasteiger partial charge in [0.1, 0.15) is 5.82 Å². The molecule has 2 aromatic rings. The average Bonchev–Trinajstić information content (AvgIpc) is 2.63. The molecule has 0 saturated carbocycles. The van der Waals surface area contributed by atoms with Crippen molar-refractivity contribution < 1.29 is 9.18 Å². The molecule has 5 heteroatoms. The Morgan fingerprint density at radius 1 is 1.22 bits per heavy atom. The number of benzene rings is 2. The van der Waals surface area contributed by atoms with Crippen molar-refractivity contribution in [3.63, 3.8) is 0 Å². The zero-order chi connectivity index (χ0) is 20.1. The summed E-state index contributed by atoms with van der Waals surface area (Å²) < 4.78 is 14.0. The summed E-state index contributed by atoms with van der Waals surface area (Å²) >= 11 is 4.17. The van der Waals surface area contributed by atoms with Crippen molar-refractivity contribution in [2.75, 3.05) is 10.6 Å². The van der Waals surface area contributed by atoms with E-state index in [1.165, 1.54) is 22.1 Å². The summed E-state index contributed by atoms with van der Waals surface area (Å²) in [5, 5.41) is 0. The number of amides is 1. The van der Waals surface area contributed by atoms with Crippen molar-refractivity contribution in [3.8, 4) is 0 Å². The van der Waals surface area contributed by atoms with Crippen molar-refractivity contribution in [2.45, 2.75) is 58.2 Å². The summed E-state index contributed by atoms with van der Waals surface area (Å²) in [6, 6.07) is 11.6. The standard InChI is InChI=1S/C13H17FN2O.C9H12S/c1-7(2)16-12(17)4-8(3)10-5-9(15)6-11(14)13(10)16;1-2-8-3-5-9(7-10)6-4-8/h5-8H,4,15H2,1-3H3;3-6,10H,2,7H2,1H3. The molecule has 1 atom stereocenters. The molecule has 1 amide bonds. The molecular formula is C22H29FN2OS. The van der Waals surface area contributed by atoms with E-state index in [-0.39, 0.29) is 17.9 Å². The van der Waals surface area contributed by atoms with Gasteiger partial charge in [-0.25, -0.2) is 4.39 Å². The first kappa shape index (κ1) is 21.3. The molecule has 27 heavy (non-hydrogen) atoms. The van der Waals surface area contributed by atoms with Gasteiger partial charge in [0.05, 0.1) is 5.69 Å². The Bertz CT molecular complexity index is 767. The number of hydrogen-bond acceptors (Lipinski definition) is 3. The van der Waals surface area contributed by atoms with Crippen LogP contribution in [-0.2, 0) is 17.0 Å². The number of halogens is 1. The first-order chi connectivity index (χ1) is 12.8. The van der Waals surface area contributed by atoms with Gasteiger partial charge in [0.15, 0.2) is 0 Å². The Morgan fingerprint density at radius 3 is 2.33 bits per heavy atom. The molecule has 0 saturated heterocycles. The van der Waals surface area contributed by atoms with Gasteiger partial charge in [0.2, 0.25) is 5.91 Å². The molecule has 0 radical (unpaired) electrons. The Labute approximate surface area is 167 Å². The number of fused-ring (bicyclic) bond motifs is 1. The molecular weight excluding hydrogens is 359 g/mol. The lowest BCUT2D eigenvalue weighted by Gasteiger charge is -2.35. The van der Waals surface area contributed by atoms with Gasteiger partial charge in [-0.2, -0.15) is 12.6 Å². The van der Waals surface area contributed by atoms with Crippen LogP contribution in [0.1, 0.15) is 56.7 Å². The molecule has 146 valence electrons. The number of thiol groups is 1. The molecule has 0 spiro atoms. The number of carbonyl (C=O) groups excluding carboxylic acids is 1. The number of carbonyl (C=O) groups is 1. The van der Waals surface area contributed by atoms with Crippen LogP contribution in [0, 0.1) is 5.82 Å². The molecule has 0 fully saturated rings. The smallest absolute Gasteiger partial charge is 0.227 e. The minimum atomic E-state index is -0.409. The number of aryl methyl sites for hydroxylation is 1. The van der Waals surface area contributed by atoms with Gasteiger partial charge in [-0.05, 0) is 55.0 Å². The van der Waals surface area contributed by atoms with Crippen LogP contribution in [0.4, 0.5) is 15.8 Å². The Hall–Kier alpha value is -2.01. The summed E-state index contributed by atoms with van der Waals surface area (Å²) in [4.78, 5) is 13.5. The van der Waals surface area contributed by atoms with Crippen LogP contribution in [0.25, 0.3) is 0 Å². The highest BCUT2D eigenvalue weighted by molar-refractivity contribution is 7.79. The predicted molar refractivity (Wildman–Crippen MR) is 115 cm³/mol. The zero-order valence-electron chi connectivity index (χ0n) is 16.5. The highest BCUT2D eigenvalue weighted by Crippen LogP contribution is 2.39. The zero-order valence-corrected chi connectivity index (χ0v) is 17.4. The van der Waals surface area contributed by atoms with Crippen molar-refractivity contribution in [1.82, 2.24) is 0 Å². The molecule has 2 N–H and O–H groups in total. The highest BCUT2D eigenvalue weighted by Gasteiger charge is 2.33. The van der Waals surface area contributed by atoms with E-state index >= 15 is 0 Å². The van der Waals surface area contributed by atoms with E-state index in [0.717, 1.165) is 17.7 Å². The second-order valence-corrected chi connectivity index (χ2v) is 7.55. The maximum atomic E-state index is 14.0. The molecule has 1 aliphatic heterocycles. The van der Waals surface area contributed by atoms with Crippen LogP contribution in [-0.4, -0.2) is 11.9 Å². The SMILES string of the molecule is CC1CC(=O)N(C(C)C)c2c(F)cc(N)cc21.CCc1ccc(CS)cc1. The van der Waals surface area contributed by atoms with Crippen molar-refractivity contribution in [1.29, 1.82) is 0 Å². The largest absolute Gasteiger partial charge is 0.399 e. The third kappa shape index (κ3) is 5.04. The quantitative estimate of drug-likeness (QED) is 0.551. The molecule has 3 rings (SSSR count). The first-order valence-electron chi connectivity index (χ1n) is 9.38. The van der Waals surface area contributed by atoms with Gasteiger partial charge in [-0.1, -0.05) is 38.1 Å².